The van der Waals surface area contributed by atoms with Crippen LogP contribution in [0.2, 0.25) is 0 Å². The highest BCUT2D eigenvalue weighted by Gasteiger charge is 2.12. The van der Waals surface area contributed by atoms with Gasteiger partial charge >= 0.3 is 0 Å². The van der Waals surface area contributed by atoms with Gasteiger partial charge in [0.2, 0.25) is 11.8 Å². The Kier molecular flexibility index (Phi) is 4.00. The molecule has 0 saturated carbocycles. The van der Waals surface area contributed by atoms with Gasteiger partial charge in [-0.15, -0.1) is 0 Å². The van der Waals surface area contributed by atoms with Crippen molar-refractivity contribution in [1.29, 1.82) is 0 Å². The average Bonchev–Trinajstić information content (AvgIpc) is 2.19. The molecule has 0 aromatic carbocycles. The van der Waals surface area contributed by atoms with Gasteiger partial charge < -0.3 is 4.74 Å². The summed E-state index contributed by atoms with van der Waals surface area (Å²) < 4.78 is 18.4. The van der Waals surface area contributed by atoms with Gasteiger partial charge in [0.25, 0.3) is 5.88 Å². The summed E-state index contributed by atoms with van der Waals surface area (Å²) in [6.07, 6.45) is 1.83. The third kappa shape index (κ3) is 3.98. The summed E-state index contributed by atoms with van der Waals surface area (Å²) in [5.41, 5.74) is 2.37. The van der Waals surface area contributed by atoms with Crippen molar-refractivity contribution in [2.24, 2.45) is 11.3 Å². The zero-order valence-corrected chi connectivity index (χ0v) is 9.75. The van der Waals surface area contributed by atoms with Crippen LogP contribution in [0.5, 0.6) is 5.88 Å². The van der Waals surface area contributed by atoms with Crippen LogP contribution >= 0.6 is 0 Å². The number of hydrogen-bond acceptors (Lipinski definition) is 5. The zero-order valence-electron chi connectivity index (χ0n) is 9.75. The largest absolute Gasteiger partial charge is 0.475 e. The highest BCUT2D eigenvalue weighted by molar-refractivity contribution is 5.26. The molecule has 0 spiro atoms. The smallest absolute Gasteiger partial charge is 0.255 e. The van der Waals surface area contributed by atoms with Crippen molar-refractivity contribution in [1.82, 2.24) is 9.97 Å². The first-order valence-corrected chi connectivity index (χ1v) is 5.04. The number of hydrogen-bond donors (Lipinski definition) is 2. The summed E-state index contributed by atoms with van der Waals surface area (Å²) in [7, 11) is 0. The lowest BCUT2D eigenvalue weighted by Gasteiger charge is -2.17. The van der Waals surface area contributed by atoms with Gasteiger partial charge in [-0.1, -0.05) is 20.8 Å². The van der Waals surface area contributed by atoms with E-state index in [0.717, 1.165) is 12.6 Å². The van der Waals surface area contributed by atoms with E-state index in [4.69, 9.17) is 10.6 Å². The van der Waals surface area contributed by atoms with Crippen LogP contribution in [0, 0.1) is 11.2 Å². The van der Waals surface area contributed by atoms with Crippen LogP contribution in [0.3, 0.4) is 0 Å². The Bertz CT molecular complexity index is 351. The van der Waals surface area contributed by atoms with Crippen LogP contribution in [0.25, 0.3) is 0 Å². The fraction of sp³-hybridized carbons (Fsp3) is 0.600. The first-order valence-electron chi connectivity index (χ1n) is 5.04. The van der Waals surface area contributed by atoms with Gasteiger partial charge in [0.05, 0.1) is 12.8 Å². The number of rotatable bonds is 4. The minimum Gasteiger partial charge on any atom is -0.475 e. The molecule has 5 nitrogen and oxygen atoms in total. The fourth-order valence-electron chi connectivity index (χ4n) is 0.976. The molecule has 90 valence electrons. The molecule has 1 aromatic rings. The van der Waals surface area contributed by atoms with Crippen molar-refractivity contribution in [2.45, 2.75) is 27.2 Å². The number of ether oxygens (including phenoxy) is 1. The second kappa shape index (κ2) is 5.07. The number of anilines is 1. The quantitative estimate of drug-likeness (QED) is 0.606. The SMILES string of the molecule is CC(C)(C)CCOc1nc(NN)ncc1F. The molecule has 16 heavy (non-hydrogen) atoms. The molecule has 0 atom stereocenters. The van der Waals surface area contributed by atoms with Crippen molar-refractivity contribution in [3.05, 3.63) is 12.0 Å². The van der Waals surface area contributed by atoms with E-state index in [-0.39, 0.29) is 17.2 Å². The molecule has 0 aliphatic rings. The van der Waals surface area contributed by atoms with Crippen LogP contribution < -0.4 is 16.0 Å². The van der Waals surface area contributed by atoms with Crippen LogP contribution in [0.4, 0.5) is 10.3 Å². The number of nitrogens with one attached hydrogen (secondary N) is 1. The summed E-state index contributed by atoms with van der Waals surface area (Å²) in [6, 6.07) is 0. The van der Waals surface area contributed by atoms with Gasteiger partial charge in [0.15, 0.2) is 0 Å². The van der Waals surface area contributed by atoms with E-state index in [2.05, 4.69) is 36.2 Å². The standard InChI is InChI=1S/C10H17FN4O/c1-10(2,3)4-5-16-8-7(11)6-13-9(14-8)15-12/h6H,4-5,12H2,1-3H3,(H,13,14,15). The molecular formula is C10H17FN4O. The van der Waals surface area contributed by atoms with Crippen molar-refractivity contribution in [3.8, 4) is 5.88 Å². The molecule has 1 aromatic heterocycles. The molecule has 0 saturated heterocycles. The Balaban J connectivity index is 2.59. The minimum atomic E-state index is -0.590. The molecule has 0 unspecified atom stereocenters. The highest BCUT2D eigenvalue weighted by Crippen LogP contribution is 2.20. The summed E-state index contributed by atoms with van der Waals surface area (Å²) in [5.74, 6) is 4.58. The molecule has 0 radical (unpaired) electrons. The molecule has 3 N–H and O–H groups in total. The molecule has 1 heterocycles. The first-order chi connectivity index (χ1) is 7.42. The van der Waals surface area contributed by atoms with Crippen molar-refractivity contribution < 1.29 is 9.13 Å². The molecule has 0 fully saturated rings. The van der Waals surface area contributed by atoms with Gasteiger partial charge in [-0.25, -0.2) is 10.8 Å². The Morgan fingerprint density at radius 1 is 1.50 bits per heavy atom. The van der Waals surface area contributed by atoms with Crippen LogP contribution in [0.1, 0.15) is 27.2 Å². The second-order valence-electron chi connectivity index (χ2n) is 4.65. The van der Waals surface area contributed by atoms with E-state index in [1.807, 2.05) is 0 Å². The van der Waals surface area contributed by atoms with Gasteiger partial charge in [-0.3, -0.25) is 5.43 Å². The van der Waals surface area contributed by atoms with E-state index >= 15 is 0 Å². The van der Waals surface area contributed by atoms with E-state index in [0.29, 0.717) is 6.61 Å². The maximum absolute atomic E-state index is 13.2. The maximum Gasteiger partial charge on any atom is 0.255 e. The van der Waals surface area contributed by atoms with Gasteiger partial charge in [-0.05, 0) is 11.8 Å². The predicted molar refractivity (Wildman–Crippen MR) is 59.4 cm³/mol. The summed E-state index contributed by atoms with van der Waals surface area (Å²) in [6.45, 7) is 6.65. The lowest BCUT2D eigenvalue weighted by Crippen LogP contribution is -2.14. The monoisotopic (exact) mass is 228 g/mol. The maximum atomic E-state index is 13.2. The van der Waals surface area contributed by atoms with Crippen molar-refractivity contribution in [3.63, 3.8) is 0 Å². The number of aromatic nitrogens is 2. The molecule has 0 bridgehead atoms. The zero-order chi connectivity index (χ0) is 12.2. The minimum absolute atomic E-state index is 0.0767. The highest BCUT2D eigenvalue weighted by atomic mass is 19.1. The molecule has 0 aliphatic heterocycles. The number of nitrogen functional groups attached to an aromatic ring is 1. The third-order valence-corrected chi connectivity index (χ3v) is 1.93. The van der Waals surface area contributed by atoms with E-state index in [9.17, 15) is 4.39 Å². The molecule has 1 rings (SSSR count). The van der Waals surface area contributed by atoms with Gasteiger partial charge in [-0.2, -0.15) is 9.37 Å². The lowest BCUT2D eigenvalue weighted by molar-refractivity contribution is 0.227. The number of nitrogens with two attached hydrogens (primary N) is 1. The summed E-state index contributed by atoms with van der Waals surface area (Å²) in [4.78, 5) is 7.38. The summed E-state index contributed by atoms with van der Waals surface area (Å²) in [5, 5.41) is 0. The molecule has 0 aliphatic carbocycles. The lowest BCUT2D eigenvalue weighted by atomic mass is 9.93. The van der Waals surface area contributed by atoms with Gasteiger partial charge in [0.1, 0.15) is 0 Å². The summed E-state index contributed by atoms with van der Waals surface area (Å²) >= 11 is 0. The number of nitrogens with zero attached hydrogens (tertiary/aromatic N) is 2. The molecule has 6 heteroatoms. The Hall–Kier alpha value is -1.43. The van der Waals surface area contributed by atoms with E-state index in [1.54, 1.807) is 0 Å². The molecule has 0 amide bonds. The van der Waals surface area contributed by atoms with Crippen LogP contribution in [-0.4, -0.2) is 16.6 Å². The number of hydrazine groups is 1. The first kappa shape index (κ1) is 12.6. The topological polar surface area (TPSA) is 73.1 Å². The molecular weight excluding hydrogens is 211 g/mol. The van der Waals surface area contributed by atoms with E-state index < -0.39 is 5.82 Å². The van der Waals surface area contributed by atoms with Gasteiger partial charge in [0, 0.05) is 0 Å². The Morgan fingerprint density at radius 2 is 2.19 bits per heavy atom. The van der Waals surface area contributed by atoms with Crippen LogP contribution in [0.15, 0.2) is 6.20 Å². The van der Waals surface area contributed by atoms with Crippen LogP contribution in [-0.2, 0) is 0 Å². The predicted octanol–water partition coefficient (Wildman–Crippen LogP) is 1.72. The van der Waals surface area contributed by atoms with Crippen molar-refractivity contribution in [2.75, 3.05) is 12.0 Å². The Labute approximate surface area is 94.2 Å². The second-order valence-corrected chi connectivity index (χ2v) is 4.65. The normalized spacial score (nSPS) is 11.3. The van der Waals surface area contributed by atoms with Crippen molar-refractivity contribution >= 4 is 5.95 Å². The number of halogens is 1. The average molecular weight is 228 g/mol. The third-order valence-electron chi connectivity index (χ3n) is 1.93. The Morgan fingerprint density at radius 3 is 2.75 bits per heavy atom. The fourth-order valence-corrected chi connectivity index (χ4v) is 0.976. The van der Waals surface area contributed by atoms with E-state index in [1.165, 1.54) is 0 Å².